The average Bonchev–Trinajstić information content (AvgIpc) is 2.54. The molecule has 2 aliphatic rings. The molecular weight excluding hydrogens is 304 g/mol. The normalized spacial score (nSPS) is 19.5. The largest absolute Gasteiger partial charge is 0.486 e. The Bertz CT molecular complexity index is 559. The van der Waals surface area contributed by atoms with Crippen molar-refractivity contribution in [2.24, 2.45) is 0 Å². The van der Waals surface area contributed by atoms with E-state index in [-0.39, 0.29) is 12.1 Å². The molecule has 0 aromatic heterocycles. The minimum atomic E-state index is -0.178. The number of hydrogen-bond acceptors (Lipinski definition) is 4. The maximum atomic E-state index is 12.6. The molecule has 5 nitrogen and oxygen atoms in total. The zero-order valence-electron chi connectivity index (χ0n) is 12.7. The minimum Gasteiger partial charge on any atom is -0.486 e. The molecule has 2 aliphatic heterocycles. The first-order chi connectivity index (χ1) is 10.6. The Morgan fingerprint density at radius 3 is 2.73 bits per heavy atom. The molecule has 1 amide bonds. The number of carbonyl (C=O) groups is 1. The summed E-state index contributed by atoms with van der Waals surface area (Å²) in [4.78, 5) is 14.9. The summed E-state index contributed by atoms with van der Waals surface area (Å²) in [6.45, 7) is 4.97. The van der Waals surface area contributed by atoms with Gasteiger partial charge < -0.3 is 14.8 Å². The highest BCUT2D eigenvalue weighted by molar-refractivity contribution is 6.31. The van der Waals surface area contributed by atoms with Crippen LogP contribution in [0, 0.1) is 0 Å². The second-order valence-electron chi connectivity index (χ2n) is 5.72. The predicted molar refractivity (Wildman–Crippen MR) is 84.8 cm³/mol. The topological polar surface area (TPSA) is 50.8 Å². The van der Waals surface area contributed by atoms with Crippen LogP contribution in [-0.2, 0) is 0 Å². The Hall–Kier alpha value is -1.46. The fourth-order valence-electron chi connectivity index (χ4n) is 2.95. The first kappa shape index (κ1) is 15.4. The Labute approximate surface area is 135 Å². The molecule has 0 bridgehead atoms. The number of nitrogens with one attached hydrogen (secondary N) is 1. The molecule has 2 heterocycles. The molecule has 0 saturated carbocycles. The monoisotopic (exact) mass is 324 g/mol. The average molecular weight is 325 g/mol. The number of carbonyl (C=O) groups excluding carboxylic acids is 1. The molecular formula is C16H21ClN2O3. The van der Waals surface area contributed by atoms with Gasteiger partial charge in [0.25, 0.3) is 5.91 Å². The zero-order valence-corrected chi connectivity index (χ0v) is 13.5. The summed E-state index contributed by atoms with van der Waals surface area (Å²) in [5.41, 5.74) is 0.436. The van der Waals surface area contributed by atoms with Gasteiger partial charge in [-0.15, -0.1) is 0 Å². The third-order valence-corrected chi connectivity index (χ3v) is 4.35. The number of amides is 1. The van der Waals surface area contributed by atoms with Crippen molar-refractivity contribution in [2.45, 2.75) is 32.4 Å². The number of fused-ring (bicyclic) bond motifs is 1. The van der Waals surface area contributed by atoms with Crippen LogP contribution in [0.25, 0.3) is 0 Å². The van der Waals surface area contributed by atoms with Gasteiger partial charge in [0.2, 0.25) is 0 Å². The van der Waals surface area contributed by atoms with Crippen LogP contribution in [0.15, 0.2) is 12.1 Å². The lowest BCUT2D eigenvalue weighted by atomic mass is 10.1. The molecule has 1 N–H and O–H groups in total. The number of benzene rings is 1. The van der Waals surface area contributed by atoms with Crippen molar-refractivity contribution >= 4 is 17.5 Å². The van der Waals surface area contributed by atoms with Gasteiger partial charge in [0.1, 0.15) is 13.2 Å². The van der Waals surface area contributed by atoms with E-state index in [1.54, 1.807) is 12.1 Å². The summed E-state index contributed by atoms with van der Waals surface area (Å²) < 4.78 is 11.1. The van der Waals surface area contributed by atoms with Crippen LogP contribution in [0.4, 0.5) is 0 Å². The molecule has 0 aliphatic carbocycles. The van der Waals surface area contributed by atoms with Crippen LogP contribution < -0.4 is 14.8 Å². The first-order valence-corrected chi connectivity index (χ1v) is 8.17. The third kappa shape index (κ3) is 3.31. The summed E-state index contributed by atoms with van der Waals surface area (Å²) in [5.74, 6) is 0.843. The van der Waals surface area contributed by atoms with Gasteiger partial charge in [0.05, 0.1) is 11.7 Å². The highest BCUT2D eigenvalue weighted by Gasteiger charge is 2.24. The maximum absolute atomic E-state index is 12.6. The summed E-state index contributed by atoms with van der Waals surface area (Å²) in [6, 6.07) is 3.31. The molecule has 1 aromatic rings. The number of nitrogens with zero attached hydrogens (tertiary/aromatic N) is 1. The number of piperidine rings is 1. The minimum absolute atomic E-state index is 0.00746. The summed E-state index contributed by atoms with van der Waals surface area (Å²) >= 11 is 6.09. The lowest BCUT2D eigenvalue weighted by Crippen LogP contribution is -2.48. The highest BCUT2D eigenvalue weighted by Crippen LogP contribution is 2.36. The van der Waals surface area contributed by atoms with Gasteiger partial charge in [-0.25, -0.2) is 0 Å². The van der Waals surface area contributed by atoms with E-state index in [0.29, 0.717) is 35.3 Å². The SMILES string of the molecule is CC(NC(=O)c1cc(Cl)cc2c1OCCO2)N1CCCCC1. The molecule has 3 rings (SSSR count). The third-order valence-electron chi connectivity index (χ3n) is 4.13. The molecule has 0 spiro atoms. The standard InChI is InChI=1S/C16H21ClN2O3/c1-11(19-5-3-2-4-6-19)18-16(20)13-9-12(17)10-14-15(13)22-8-7-21-14/h9-11H,2-8H2,1H3,(H,18,20). The highest BCUT2D eigenvalue weighted by atomic mass is 35.5. The fraction of sp³-hybridized carbons (Fsp3) is 0.562. The number of hydrogen-bond donors (Lipinski definition) is 1. The van der Waals surface area contributed by atoms with Crippen molar-refractivity contribution in [1.29, 1.82) is 0 Å². The number of halogens is 1. The summed E-state index contributed by atoms with van der Waals surface area (Å²) in [7, 11) is 0. The zero-order chi connectivity index (χ0) is 15.5. The molecule has 22 heavy (non-hydrogen) atoms. The maximum Gasteiger partial charge on any atom is 0.256 e. The van der Waals surface area contributed by atoms with Gasteiger partial charge in [-0.3, -0.25) is 9.69 Å². The second-order valence-corrected chi connectivity index (χ2v) is 6.16. The molecule has 1 unspecified atom stereocenters. The van der Waals surface area contributed by atoms with Gasteiger partial charge >= 0.3 is 0 Å². The van der Waals surface area contributed by atoms with Crippen molar-refractivity contribution in [1.82, 2.24) is 10.2 Å². The Morgan fingerprint density at radius 2 is 1.95 bits per heavy atom. The van der Waals surface area contributed by atoms with Crippen LogP contribution in [0.2, 0.25) is 5.02 Å². The smallest absolute Gasteiger partial charge is 0.256 e. The molecule has 1 fully saturated rings. The molecule has 1 saturated heterocycles. The van der Waals surface area contributed by atoms with E-state index in [1.165, 1.54) is 19.3 Å². The van der Waals surface area contributed by atoms with Gasteiger partial charge in [0.15, 0.2) is 11.5 Å². The predicted octanol–water partition coefficient (Wildman–Crippen LogP) is 2.67. The Kier molecular flexibility index (Phi) is 4.74. The fourth-order valence-corrected chi connectivity index (χ4v) is 3.16. The van der Waals surface area contributed by atoms with E-state index < -0.39 is 0 Å². The van der Waals surface area contributed by atoms with Gasteiger partial charge in [0, 0.05) is 24.2 Å². The summed E-state index contributed by atoms with van der Waals surface area (Å²) in [6.07, 6.45) is 3.63. The lowest BCUT2D eigenvalue weighted by molar-refractivity contribution is 0.0830. The molecule has 6 heteroatoms. The van der Waals surface area contributed by atoms with Gasteiger partial charge in [-0.05, 0) is 25.8 Å². The van der Waals surface area contributed by atoms with Crippen molar-refractivity contribution in [2.75, 3.05) is 26.3 Å². The van der Waals surface area contributed by atoms with Crippen LogP contribution in [0.3, 0.4) is 0 Å². The van der Waals surface area contributed by atoms with Crippen LogP contribution in [0.1, 0.15) is 36.5 Å². The van der Waals surface area contributed by atoms with Crippen molar-refractivity contribution in [3.8, 4) is 11.5 Å². The van der Waals surface area contributed by atoms with E-state index in [2.05, 4.69) is 10.2 Å². The second kappa shape index (κ2) is 6.75. The van der Waals surface area contributed by atoms with E-state index in [1.807, 2.05) is 6.92 Å². The van der Waals surface area contributed by atoms with Gasteiger partial charge in [-0.2, -0.15) is 0 Å². The number of rotatable bonds is 3. The Morgan fingerprint density at radius 1 is 1.23 bits per heavy atom. The number of likely N-dealkylation sites (tertiary alicyclic amines) is 1. The quantitative estimate of drug-likeness (QED) is 0.928. The van der Waals surface area contributed by atoms with E-state index in [4.69, 9.17) is 21.1 Å². The number of ether oxygens (including phenoxy) is 2. The molecule has 0 radical (unpaired) electrons. The van der Waals surface area contributed by atoms with Crippen molar-refractivity contribution < 1.29 is 14.3 Å². The van der Waals surface area contributed by atoms with Crippen molar-refractivity contribution in [3.05, 3.63) is 22.7 Å². The van der Waals surface area contributed by atoms with Crippen LogP contribution in [0.5, 0.6) is 11.5 Å². The van der Waals surface area contributed by atoms with Crippen molar-refractivity contribution in [3.63, 3.8) is 0 Å². The first-order valence-electron chi connectivity index (χ1n) is 7.79. The van der Waals surface area contributed by atoms with E-state index in [9.17, 15) is 4.79 Å². The Balaban J connectivity index is 1.75. The summed E-state index contributed by atoms with van der Waals surface area (Å²) in [5, 5.41) is 3.51. The molecule has 1 atom stereocenters. The van der Waals surface area contributed by atoms with Crippen LogP contribution >= 0.6 is 11.6 Å². The van der Waals surface area contributed by atoms with Gasteiger partial charge in [-0.1, -0.05) is 18.0 Å². The molecule has 120 valence electrons. The lowest BCUT2D eigenvalue weighted by Gasteiger charge is -2.33. The van der Waals surface area contributed by atoms with Crippen LogP contribution in [-0.4, -0.2) is 43.3 Å². The molecule has 1 aromatic carbocycles. The van der Waals surface area contributed by atoms with E-state index in [0.717, 1.165) is 13.1 Å². The van der Waals surface area contributed by atoms with E-state index >= 15 is 0 Å².